The SMILES string of the molecule is [2H]C([2H])([2H])c1c[c-]c(-c2ccc(C([2H])([2H])[2H])cn2)cc1.[2H]C([2H])([2H])c1cnc(-c2[c-]ccc3nc(C([2H])([2H])C(C)(C)C)n(C([2H])([2H])[2H])c23)cc1-c1ccc(C2([2H])CCC(C)(C)CC2)cc1C([2H])([2H])[2H].[Ir]. The number of benzene rings is 3. The second-order valence-corrected chi connectivity index (χ2v) is 14.8. The van der Waals surface area contributed by atoms with E-state index in [9.17, 15) is 1.37 Å². The summed E-state index contributed by atoms with van der Waals surface area (Å²) in [6.45, 7) is -3.29. The smallest absolute Gasteiger partial charge is 0.0994 e. The summed E-state index contributed by atoms with van der Waals surface area (Å²) in [4.78, 5) is 13.0. The Morgan fingerprint density at radius 1 is 0.865 bits per heavy atom. The number of fused-ring (bicyclic) bond motifs is 1. The van der Waals surface area contributed by atoms with E-state index in [-0.39, 0.29) is 87.0 Å². The van der Waals surface area contributed by atoms with Crippen LogP contribution in [0, 0.1) is 50.4 Å². The molecule has 0 N–H and O–H groups in total. The Morgan fingerprint density at radius 3 is 2.29 bits per heavy atom. The van der Waals surface area contributed by atoms with Crippen LogP contribution in [-0.2, 0) is 33.5 Å². The quantitative estimate of drug-likeness (QED) is 0.162. The molecule has 1 aliphatic rings. The van der Waals surface area contributed by atoms with Crippen molar-refractivity contribution in [1.29, 1.82) is 0 Å². The van der Waals surface area contributed by atoms with Gasteiger partial charge in [-0.1, -0.05) is 83.4 Å². The average Bonchev–Trinajstić information content (AvgIpc) is 3.65. The van der Waals surface area contributed by atoms with Gasteiger partial charge < -0.3 is 14.5 Å². The Hall–Kier alpha value is -3.92. The van der Waals surface area contributed by atoms with Crippen LogP contribution in [0.15, 0.2) is 79.1 Å². The molecule has 0 saturated heterocycles. The second-order valence-electron chi connectivity index (χ2n) is 14.8. The minimum atomic E-state index is -2.86. The van der Waals surface area contributed by atoms with Crippen LogP contribution in [0.1, 0.15) is 125 Å². The van der Waals surface area contributed by atoms with Gasteiger partial charge in [0.2, 0.25) is 0 Å². The number of rotatable bonds is 5. The Labute approximate surface area is 351 Å². The predicted molar refractivity (Wildman–Crippen MR) is 214 cm³/mol. The number of hydrogen-bond acceptors (Lipinski definition) is 3. The molecule has 3 aromatic carbocycles. The van der Waals surface area contributed by atoms with Crippen molar-refractivity contribution in [3.05, 3.63) is 125 Å². The first-order valence-electron chi connectivity index (χ1n) is 25.9. The molecule has 5 heteroatoms. The van der Waals surface area contributed by atoms with Gasteiger partial charge in [0.15, 0.2) is 0 Å². The van der Waals surface area contributed by atoms with Crippen LogP contribution in [0.5, 0.6) is 0 Å². The maximum absolute atomic E-state index is 9.27. The van der Waals surface area contributed by atoms with Crippen molar-refractivity contribution in [2.45, 2.75) is 100.0 Å². The fourth-order valence-corrected chi connectivity index (χ4v) is 6.15. The van der Waals surface area contributed by atoms with Gasteiger partial charge in [-0.15, -0.1) is 53.6 Å². The molecule has 1 radical (unpaired) electrons. The van der Waals surface area contributed by atoms with Gasteiger partial charge in [0.05, 0.1) is 5.82 Å². The molecule has 7 rings (SSSR count). The molecule has 4 nitrogen and oxygen atoms in total. The zero-order chi connectivity index (χ0) is 51.7. The fourth-order valence-electron chi connectivity index (χ4n) is 6.15. The van der Waals surface area contributed by atoms with Crippen molar-refractivity contribution >= 4 is 11.0 Å². The molecule has 273 valence electrons. The molecule has 0 atom stereocenters. The number of pyridine rings is 2. The summed E-state index contributed by atoms with van der Waals surface area (Å²) in [6.07, 6.45) is 3.01. The van der Waals surface area contributed by atoms with E-state index in [0.717, 1.165) is 23.6 Å². The molecule has 0 aliphatic heterocycles. The minimum Gasteiger partial charge on any atom is -0.371 e. The standard InChI is InChI=1S/C34H42N3.C13H12N.Ir/c1-22-18-25(24-14-16-34(6,7)17-15-24)12-13-26(22)28-19-30(35-21-23(28)2)27-10-9-11-29-32(27)37(8)31(36-29)20-33(3,4)5;1-10-3-6-12(7-4-10)13-8-5-11(2)9-14-13;/h9,11-13,18-19,21,24H,14-17,20H2,1-8H3;3-6,8-9H,1-2H3;/q2*-1;/i1D3,2D3,8D3,20D2,24D;1D3,2D3;. The van der Waals surface area contributed by atoms with Crippen molar-refractivity contribution in [1.82, 2.24) is 19.5 Å². The van der Waals surface area contributed by atoms with Gasteiger partial charge in [-0.3, -0.25) is 4.98 Å². The van der Waals surface area contributed by atoms with Gasteiger partial charge in [-0.25, -0.2) is 0 Å². The van der Waals surface area contributed by atoms with Gasteiger partial charge in [0.25, 0.3) is 0 Å². The first-order chi connectivity index (χ1) is 31.3. The summed E-state index contributed by atoms with van der Waals surface area (Å²) < 4.78 is 147. The van der Waals surface area contributed by atoms with E-state index in [0.29, 0.717) is 29.7 Å². The van der Waals surface area contributed by atoms with Crippen LogP contribution in [0.4, 0.5) is 0 Å². The molecule has 0 spiro atoms. The number of nitrogens with zero attached hydrogens (tertiary/aromatic N) is 4. The fraction of sp³-hybridized carbons (Fsp3) is 0.383. The van der Waals surface area contributed by atoms with Crippen molar-refractivity contribution < 1.29 is 44.8 Å². The minimum absolute atomic E-state index is 0. The molecule has 0 amide bonds. The summed E-state index contributed by atoms with van der Waals surface area (Å²) >= 11 is 0. The van der Waals surface area contributed by atoms with Gasteiger partial charge in [0, 0.05) is 76.0 Å². The molecule has 1 saturated carbocycles. The van der Waals surface area contributed by atoms with E-state index in [1.807, 2.05) is 0 Å². The number of aryl methyl sites for hydroxylation is 5. The van der Waals surface area contributed by atoms with Gasteiger partial charge >= 0.3 is 0 Å². The van der Waals surface area contributed by atoms with Crippen LogP contribution in [0.3, 0.4) is 0 Å². The number of aromatic nitrogens is 4. The zero-order valence-electron chi connectivity index (χ0n) is 48.0. The summed E-state index contributed by atoms with van der Waals surface area (Å²) in [5.74, 6) is -1.29. The van der Waals surface area contributed by atoms with Crippen LogP contribution in [0.2, 0.25) is 0 Å². The van der Waals surface area contributed by atoms with Crippen LogP contribution in [-0.4, -0.2) is 19.5 Å². The Bertz CT molecular complexity index is 2750. The second kappa shape index (κ2) is 16.0. The van der Waals surface area contributed by atoms with E-state index in [4.69, 9.17) is 23.3 Å². The third kappa shape index (κ3) is 9.17. The van der Waals surface area contributed by atoms with Crippen LogP contribution >= 0.6 is 0 Å². The Kier molecular flexibility index (Phi) is 6.67. The predicted octanol–water partition coefficient (Wildman–Crippen LogP) is 12.2. The van der Waals surface area contributed by atoms with Gasteiger partial charge in [-0.2, -0.15) is 0 Å². The molecular formula is C47H54IrN4-2. The monoisotopic (exact) mass is 886 g/mol. The molecule has 1 aliphatic carbocycles. The molecule has 52 heavy (non-hydrogen) atoms. The molecule has 6 aromatic rings. The summed E-state index contributed by atoms with van der Waals surface area (Å²) in [5.41, 5.74) is 1.53. The largest absolute Gasteiger partial charge is 0.371 e. The van der Waals surface area contributed by atoms with Crippen molar-refractivity contribution in [3.8, 4) is 33.6 Å². The maximum Gasteiger partial charge on any atom is 0.0994 e. The van der Waals surface area contributed by atoms with Crippen LogP contribution < -0.4 is 0 Å². The maximum atomic E-state index is 9.27. The van der Waals surface area contributed by atoms with E-state index in [2.05, 4.69) is 40.9 Å². The molecule has 1 fully saturated rings. The summed E-state index contributed by atoms with van der Waals surface area (Å²) in [5, 5.41) is 0. The van der Waals surface area contributed by atoms with Crippen molar-refractivity contribution in [2.24, 2.45) is 17.8 Å². The molecule has 3 heterocycles. The van der Waals surface area contributed by atoms with E-state index < -0.39 is 52.1 Å². The first-order valence-corrected chi connectivity index (χ1v) is 16.9. The average molecular weight is 885 g/mol. The Balaban J connectivity index is 0.000000363. The molecule has 3 aromatic heterocycles. The molecular weight excluding hydrogens is 813 g/mol. The number of hydrogen-bond donors (Lipinski definition) is 0. The molecule has 0 bridgehead atoms. The van der Waals surface area contributed by atoms with Gasteiger partial charge in [0.1, 0.15) is 0 Å². The topological polar surface area (TPSA) is 43.6 Å². The third-order valence-corrected chi connectivity index (χ3v) is 9.03. The van der Waals surface area contributed by atoms with E-state index in [1.165, 1.54) is 48.7 Å². The van der Waals surface area contributed by atoms with E-state index >= 15 is 0 Å². The number of imidazole rings is 1. The first kappa shape index (κ1) is 21.7. The normalized spacial score (nSPS) is 21.6. The third-order valence-electron chi connectivity index (χ3n) is 9.03. The zero-order valence-corrected chi connectivity index (χ0v) is 32.4. The van der Waals surface area contributed by atoms with Gasteiger partial charge in [-0.05, 0) is 113 Å². The van der Waals surface area contributed by atoms with Crippen molar-refractivity contribution in [3.63, 3.8) is 0 Å². The summed E-state index contributed by atoms with van der Waals surface area (Å²) in [7, 11) is 0. The van der Waals surface area contributed by atoms with E-state index in [1.54, 1.807) is 45.0 Å². The summed E-state index contributed by atoms with van der Waals surface area (Å²) in [6, 6.07) is 22.7. The molecule has 0 unspecified atom stereocenters. The Morgan fingerprint density at radius 2 is 1.63 bits per heavy atom. The van der Waals surface area contributed by atoms with Crippen molar-refractivity contribution in [2.75, 3.05) is 0 Å². The van der Waals surface area contributed by atoms with Crippen LogP contribution in [0.25, 0.3) is 44.7 Å².